The molecule has 0 saturated carbocycles. The molecule has 0 amide bonds. The Balaban J connectivity index is 2.75. The largest absolute Gasteiger partial charge is 0.354 e. The molecule has 1 heterocycles. The van der Waals surface area contributed by atoms with Gasteiger partial charge < -0.3 is 9.74 Å². The van der Waals surface area contributed by atoms with Gasteiger partial charge in [0, 0.05) is 14.1 Å². The number of nitrogens with zero attached hydrogens (tertiary/aromatic N) is 3. The molecule has 1 aromatic heterocycles. The van der Waals surface area contributed by atoms with E-state index in [9.17, 15) is 0 Å². The van der Waals surface area contributed by atoms with E-state index in [0.717, 1.165) is 10.0 Å². The molecule has 0 saturated heterocycles. The van der Waals surface area contributed by atoms with Gasteiger partial charge in [0.05, 0.1) is 6.20 Å². The van der Waals surface area contributed by atoms with Gasteiger partial charge in [0.1, 0.15) is 4.88 Å². The predicted octanol–water partition coefficient (Wildman–Crippen LogP) is 1.63. The lowest BCUT2D eigenvalue weighted by molar-refractivity contribution is 1.10. The summed E-state index contributed by atoms with van der Waals surface area (Å²) in [6.07, 6.45) is 1.76. The number of anilines is 1. The van der Waals surface area contributed by atoms with Crippen molar-refractivity contribution in [1.82, 2.24) is 4.98 Å². The summed E-state index contributed by atoms with van der Waals surface area (Å²) in [5.41, 5.74) is 0. The molecule has 0 aromatic carbocycles. The second kappa shape index (κ2) is 3.35. The lowest BCUT2D eigenvalue weighted by Gasteiger charge is -2.04. The molecule has 1 aromatic rings. The summed E-state index contributed by atoms with van der Waals surface area (Å²) in [5, 5.41) is 0.962. The van der Waals surface area contributed by atoms with Crippen LogP contribution < -0.4 is 4.90 Å². The molecule has 1 rings (SSSR count). The van der Waals surface area contributed by atoms with Crippen molar-refractivity contribution in [3.63, 3.8) is 0 Å². The predicted molar refractivity (Wildman–Crippen MR) is 46.7 cm³/mol. The van der Waals surface area contributed by atoms with Gasteiger partial charge in [0.25, 0.3) is 0 Å². The summed E-state index contributed by atoms with van der Waals surface area (Å²) in [6.45, 7) is 7.10. The fraction of sp³-hybridized carbons (Fsp3) is 0.429. The van der Waals surface area contributed by atoms with Crippen LogP contribution in [0.3, 0.4) is 0 Å². The Bertz CT molecular complexity index is 271. The fourth-order valence-electron chi connectivity index (χ4n) is 0.655. The number of hydrogen-bond donors (Lipinski definition) is 0. The Labute approximate surface area is 70.1 Å². The van der Waals surface area contributed by atoms with Gasteiger partial charge in [-0.15, -0.1) is 0 Å². The third-order valence-corrected chi connectivity index (χ3v) is 2.31. The third-order valence-electron chi connectivity index (χ3n) is 1.16. The first-order chi connectivity index (χ1) is 5.24. The maximum absolute atomic E-state index is 6.65. The topological polar surface area (TPSA) is 20.5 Å². The second-order valence-corrected chi connectivity index (χ2v) is 3.41. The summed E-state index contributed by atoms with van der Waals surface area (Å²) in [7, 11) is 3.89. The van der Waals surface area contributed by atoms with Crippen molar-refractivity contribution in [3.05, 3.63) is 22.5 Å². The Kier molecular flexibility index (Phi) is 2.44. The van der Waals surface area contributed by atoms with Crippen molar-refractivity contribution in [2.75, 3.05) is 19.0 Å². The molecular formula is C7H9N3S. The molecule has 0 radical (unpaired) electrons. The Morgan fingerprint density at radius 2 is 2.45 bits per heavy atom. The molecule has 0 atom stereocenters. The number of rotatable bonds is 2. The van der Waals surface area contributed by atoms with Gasteiger partial charge in [-0.2, -0.15) is 0 Å². The van der Waals surface area contributed by atoms with Crippen LogP contribution in [0.5, 0.6) is 0 Å². The normalized spacial score (nSPS) is 9.18. The van der Waals surface area contributed by atoms with E-state index >= 15 is 0 Å². The zero-order valence-electron chi connectivity index (χ0n) is 6.53. The van der Waals surface area contributed by atoms with Gasteiger partial charge in [-0.3, -0.25) is 0 Å². The maximum Gasteiger partial charge on any atom is 0.250 e. The van der Waals surface area contributed by atoms with Gasteiger partial charge in [0.2, 0.25) is 6.54 Å². The first-order valence-electron chi connectivity index (χ1n) is 3.19. The molecule has 0 spiro atoms. The minimum absolute atomic E-state index is 0.450. The van der Waals surface area contributed by atoms with Crippen molar-refractivity contribution >= 4 is 16.5 Å². The van der Waals surface area contributed by atoms with Crippen molar-refractivity contribution in [2.45, 2.75) is 6.54 Å². The first kappa shape index (κ1) is 8.02. The average Bonchev–Trinajstić information content (AvgIpc) is 2.37. The van der Waals surface area contributed by atoms with Gasteiger partial charge in [-0.1, -0.05) is 11.3 Å². The van der Waals surface area contributed by atoms with E-state index in [4.69, 9.17) is 6.57 Å². The fourth-order valence-corrected chi connectivity index (χ4v) is 1.41. The van der Waals surface area contributed by atoms with Crippen LogP contribution in [0.2, 0.25) is 0 Å². The molecule has 11 heavy (non-hydrogen) atoms. The third kappa shape index (κ3) is 1.92. The number of hydrogen-bond acceptors (Lipinski definition) is 3. The molecule has 3 nitrogen and oxygen atoms in total. The summed E-state index contributed by atoms with van der Waals surface area (Å²) in [5.74, 6) is 0. The van der Waals surface area contributed by atoms with E-state index in [2.05, 4.69) is 9.83 Å². The van der Waals surface area contributed by atoms with Crippen LogP contribution in [0.15, 0.2) is 6.20 Å². The van der Waals surface area contributed by atoms with Crippen molar-refractivity contribution in [3.8, 4) is 0 Å². The van der Waals surface area contributed by atoms with Gasteiger partial charge in [-0.05, 0) is 0 Å². The Morgan fingerprint density at radius 3 is 2.91 bits per heavy atom. The minimum Gasteiger partial charge on any atom is -0.354 e. The summed E-state index contributed by atoms with van der Waals surface area (Å²) < 4.78 is 0. The van der Waals surface area contributed by atoms with Crippen molar-refractivity contribution < 1.29 is 0 Å². The zero-order chi connectivity index (χ0) is 8.27. The molecule has 4 heteroatoms. The van der Waals surface area contributed by atoms with Gasteiger partial charge >= 0.3 is 0 Å². The molecule has 0 aliphatic rings. The molecule has 58 valence electrons. The van der Waals surface area contributed by atoms with Crippen LogP contribution in [0.1, 0.15) is 4.88 Å². The molecule has 0 aliphatic carbocycles. The molecule has 0 unspecified atom stereocenters. The highest BCUT2D eigenvalue weighted by molar-refractivity contribution is 7.15. The summed E-state index contributed by atoms with van der Waals surface area (Å²) in [6, 6.07) is 0. The van der Waals surface area contributed by atoms with E-state index in [1.54, 1.807) is 17.5 Å². The van der Waals surface area contributed by atoms with Crippen LogP contribution in [0.4, 0.5) is 5.13 Å². The van der Waals surface area contributed by atoms with Crippen LogP contribution in [0.25, 0.3) is 4.85 Å². The van der Waals surface area contributed by atoms with Crippen LogP contribution in [-0.4, -0.2) is 19.1 Å². The lowest BCUT2D eigenvalue weighted by Crippen LogP contribution is -2.07. The molecular weight excluding hydrogens is 158 g/mol. The molecule has 0 fully saturated rings. The molecule has 0 aliphatic heterocycles. The average molecular weight is 167 g/mol. The highest BCUT2D eigenvalue weighted by Crippen LogP contribution is 2.20. The summed E-state index contributed by atoms with van der Waals surface area (Å²) in [4.78, 5) is 10.4. The molecule has 0 N–H and O–H groups in total. The smallest absolute Gasteiger partial charge is 0.250 e. The van der Waals surface area contributed by atoms with E-state index < -0.39 is 0 Å². The maximum atomic E-state index is 6.65. The lowest BCUT2D eigenvalue weighted by atomic mass is 10.6. The zero-order valence-corrected chi connectivity index (χ0v) is 7.35. The van der Waals surface area contributed by atoms with E-state index in [1.165, 1.54) is 0 Å². The minimum atomic E-state index is 0.450. The first-order valence-corrected chi connectivity index (χ1v) is 4.01. The van der Waals surface area contributed by atoms with E-state index in [1.807, 2.05) is 19.0 Å². The number of aromatic nitrogens is 1. The van der Waals surface area contributed by atoms with Gasteiger partial charge in [-0.25, -0.2) is 11.6 Å². The standard InChI is InChI=1S/C7H9N3S/c1-8-4-6-5-9-7(11-6)10(2)3/h5H,4H2,2-3H3. The Hall–Kier alpha value is -1.08. The van der Waals surface area contributed by atoms with Crippen molar-refractivity contribution in [1.29, 1.82) is 0 Å². The van der Waals surface area contributed by atoms with Crippen LogP contribution in [-0.2, 0) is 6.54 Å². The SMILES string of the molecule is [C-]#[N+]Cc1cnc(N(C)C)s1. The van der Waals surface area contributed by atoms with Crippen LogP contribution >= 0.6 is 11.3 Å². The van der Waals surface area contributed by atoms with Gasteiger partial charge in [0.15, 0.2) is 5.13 Å². The quantitative estimate of drug-likeness (QED) is 0.624. The van der Waals surface area contributed by atoms with Crippen LogP contribution in [0, 0.1) is 6.57 Å². The number of thiazole rings is 1. The van der Waals surface area contributed by atoms with E-state index in [0.29, 0.717) is 6.54 Å². The highest BCUT2D eigenvalue weighted by Gasteiger charge is 2.03. The highest BCUT2D eigenvalue weighted by atomic mass is 32.1. The van der Waals surface area contributed by atoms with Crippen molar-refractivity contribution in [2.24, 2.45) is 0 Å². The Morgan fingerprint density at radius 1 is 1.73 bits per heavy atom. The molecule has 0 bridgehead atoms. The second-order valence-electron chi connectivity index (χ2n) is 2.32. The summed E-state index contributed by atoms with van der Waals surface area (Å²) >= 11 is 1.57. The monoisotopic (exact) mass is 167 g/mol. The van der Waals surface area contributed by atoms with E-state index in [-0.39, 0.29) is 0 Å².